The zero-order valence-corrected chi connectivity index (χ0v) is 15.2. The average molecular weight is 402 g/mol. The molecule has 150 valence electrons. The fraction of sp³-hybridized carbons (Fsp3) is 0.286. The van der Waals surface area contributed by atoms with Crippen LogP contribution < -0.4 is 19.5 Å². The van der Waals surface area contributed by atoms with Crippen molar-refractivity contribution in [3.63, 3.8) is 0 Å². The summed E-state index contributed by atoms with van der Waals surface area (Å²) in [5.74, 6) is 0.0722. The van der Waals surface area contributed by atoms with Gasteiger partial charge in [-0.1, -0.05) is 0 Å². The van der Waals surface area contributed by atoms with E-state index in [2.05, 4.69) is 19.8 Å². The van der Waals surface area contributed by atoms with E-state index in [1.54, 1.807) is 30.6 Å². The van der Waals surface area contributed by atoms with Gasteiger partial charge in [0.15, 0.2) is 11.5 Å². The first-order valence-corrected chi connectivity index (χ1v) is 9.29. The third-order valence-electron chi connectivity index (χ3n) is 5.29. The Morgan fingerprint density at radius 2 is 1.97 bits per heavy atom. The molecule has 5 rings (SSSR count). The number of rotatable bonds is 5. The van der Waals surface area contributed by atoms with E-state index in [1.165, 1.54) is 18.2 Å². The molecular weight excluding hydrogens is 385 g/mol. The first-order chi connectivity index (χ1) is 14.0. The molecule has 0 spiro atoms. The Balaban J connectivity index is 1.25. The Morgan fingerprint density at radius 3 is 2.79 bits per heavy atom. The molecule has 2 heterocycles. The average Bonchev–Trinajstić information content (AvgIpc) is 3.00. The van der Waals surface area contributed by atoms with Crippen LogP contribution in [0.25, 0.3) is 10.8 Å². The fourth-order valence-electron chi connectivity index (χ4n) is 3.64. The SMILES string of the molecule is Fc1ccc2cnccc2c1CN[C@@H]1CC[C@H]1Oc1ccc2c(c1)OC(F)(F)O2. The highest BCUT2D eigenvalue weighted by Gasteiger charge is 2.43. The monoisotopic (exact) mass is 402 g/mol. The van der Waals surface area contributed by atoms with Crippen LogP contribution in [0.2, 0.25) is 0 Å². The molecule has 2 aromatic carbocycles. The molecule has 3 aromatic rings. The normalized spacial score (nSPS) is 21.8. The Bertz CT molecular complexity index is 1080. The van der Waals surface area contributed by atoms with Gasteiger partial charge in [0.2, 0.25) is 0 Å². The third-order valence-corrected chi connectivity index (χ3v) is 5.29. The van der Waals surface area contributed by atoms with E-state index in [4.69, 9.17) is 4.74 Å². The number of halogens is 3. The first-order valence-electron chi connectivity index (χ1n) is 9.29. The lowest BCUT2D eigenvalue weighted by atomic mass is 9.88. The molecule has 0 saturated heterocycles. The number of benzene rings is 2. The van der Waals surface area contributed by atoms with E-state index in [0.717, 1.165) is 23.6 Å². The van der Waals surface area contributed by atoms with Gasteiger partial charge in [0.05, 0.1) is 0 Å². The van der Waals surface area contributed by atoms with Gasteiger partial charge in [0.1, 0.15) is 17.7 Å². The molecule has 2 atom stereocenters. The number of pyridine rings is 1. The van der Waals surface area contributed by atoms with E-state index < -0.39 is 6.29 Å². The number of hydrogen-bond acceptors (Lipinski definition) is 5. The summed E-state index contributed by atoms with van der Waals surface area (Å²) in [6.07, 6.45) is 1.24. The first kappa shape index (κ1) is 18.1. The molecule has 0 bridgehead atoms. The smallest absolute Gasteiger partial charge is 0.489 e. The minimum absolute atomic E-state index is 0.0217. The van der Waals surface area contributed by atoms with Gasteiger partial charge in [-0.25, -0.2) is 4.39 Å². The van der Waals surface area contributed by atoms with Crippen LogP contribution in [0, 0.1) is 5.82 Å². The van der Waals surface area contributed by atoms with Crippen molar-refractivity contribution in [3.8, 4) is 17.2 Å². The standard InChI is InChI=1S/C21H17F3N2O3/c22-16-3-1-12-10-25-8-7-14(12)15(16)11-26-17-4-6-18(17)27-13-2-5-19-20(9-13)29-21(23,24)28-19/h1-3,5,7-10,17-18,26H,4,6,11H2/t17-,18-/m1/s1. The van der Waals surface area contributed by atoms with Crippen LogP contribution in [0.3, 0.4) is 0 Å². The number of hydrogen-bond donors (Lipinski definition) is 1. The van der Waals surface area contributed by atoms with Gasteiger partial charge in [-0.05, 0) is 48.6 Å². The van der Waals surface area contributed by atoms with E-state index >= 15 is 0 Å². The van der Waals surface area contributed by atoms with Gasteiger partial charge in [0, 0.05) is 42.0 Å². The lowest BCUT2D eigenvalue weighted by Crippen LogP contribution is -2.50. The molecule has 1 N–H and O–H groups in total. The predicted octanol–water partition coefficient (Wildman–Crippen LogP) is 4.40. The molecule has 1 aliphatic heterocycles. The third kappa shape index (κ3) is 3.44. The maximum atomic E-state index is 14.3. The molecule has 0 amide bonds. The summed E-state index contributed by atoms with van der Waals surface area (Å²) in [5, 5.41) is 5.04. The van der Waals surface area contributed by atoms with E-state index in [0.29, 0.717) is 17.9 Å². The highest BCUT2D eigenvalue weighted by molar-refractivity contribution is 5.84. The summed E-state index contributed by atoms with van der Waals surface area (Å²) < 4.78 is 55.4. The molecule has 1 fully saturated rings. The van der Waals surface area contributed by atoms with Crippen LogP contribution in [0.4, 0.5) is 13.2 Å². The van der Waals surface area contributed by atoms with Gasteiger partial charge < -0.3 is 19.5 Å². The number of fused-ring (bicyclic) bond motifs is 2. The summed E-state index contributed by atoms with van der Waals surface area (Å²) in [5.41, 5.74) is 0.584. The Labute approximate surface area is 164 Å². The van der Waals surface area contributed by atoms with Gasteiger partial charge in [-0.2, -0.15) is 0 Å². The molecule has 0 unspecified atom stereocenters. The Morgan fingerprint density at radius 1 is 1.10 bits per heavy atom. The van der Waals surface area contributed by atoms with Crippen LogP contribution in [0.15, 0.2) is 48.8 Å². The van der Waals surface area contributed by atoms with Crippen molar-refractivity contribution in [1.82, 2.24) is 10.3 Å². The quantitative estimate of drug-likeness (QED) is 0.686. The number of aromatic nitrogens is 1. The minimum Gasteiger partial charge on any atom is -0.489 e. The molecular formula is C21H17F3N2O3. The lowest BCUT2D eigenvalue weighted by Gasteiger charge is -2.37. The van der Waals surface area contributed by atoms with E-state index in [1.807, 2.05) is 0 Å². The topological polar surface area (TPSA) is 52.6 Å². The van der Waals surface area contributed by atoms with E-state index in [9.17, 15) is 13.2 Å². The predicted molar refractivity (Wildman–Crippen MR) is 98.6 cm³/mol. The maximum absolute atomic E-state index is 14.3. The number of alkyl halides is 2. The minimum atomic E-state index is -3.65. The highest BCUT2D eigenvalue weighted by atomic mass is 19.3. The zero-order valence-electron chi connectivity index (χ0n) is 15.2. The Hall–Kier alpha value is -3.00. The molecule has 1 aromatic heterocycles. The number of nitrogens with zero attached hydrogens (tertiary/aromatic N) is 1. The molecule has 2 aliphatic rings. The van der Waals surface area contributed by atoms with Crippen molar-refractivity contribution in [2.24, 2.45) is 0 Å². The van der Waals surface area contributed by atoms with Crippen LogP contribution in [-0.4, -0.2) is 23.4 Å². The van der Waals surface area contributed by atoms with Crippen molar-refractivity contribution in [1.29, 1.82) is 0 Å². The van der Waals surface area contributed by atoms with Gasteiger partial charge in [-0.3, -0.25) is 4.98 Å². The largest absolute Gasteiger partial charge is 0.586 e. The fourth-order valence-corrected chi connectivity index (χ4v) is 3.64. The molecule has 1 aliphatic carbocycles. The lowest BCUT2D eigenvalue weighted by molar-refractivity contribution is -0.286. The van der Waals surface area contributed by atoms with Crippen molar-refractivity contribution >= 4 is 10.8 Å². The van der Waals surface area contributed by atoms with Crippen LogP contribution in [0.1, 0.15) is 18.4 Å². The highest BCUT2D eigenvalue weighted by Crippen LogP contribution is 2.43. The van der Waals surface area contributed by atoms with Crippen LogP contribution in [-0.2, 0) is 6.54 Å². The molecule has 1 saturated carbocycles. The Kier molecular flexibility index (Phi) is 4.24. The molecule has 8 heteroatoms. The van der Waals surface area contributed by atoms with Gasteiger partial charge in [-0.15, -0.1) is 8.78 Å². The number of ether oxygens (including phenoxy) is 3. The van der Waals surface area contributed by atoms with Crippen molar-refractivity contribution in [2.75, 3.05) is 0 Å². The van der Waals surface area contributed by atoms with Crippen molar-refractivity contribution < 1.29 is 27.4 Å². The second-order valence-corrected chi connectivity index (χ2v) is 7.12. The van der Waals surface area contributed by atoms with E-state index in [-0.39, 0.29) is 29.5 Å². The number of nitrogens with one attached hydrogen (secondary N) is 1. The zero-order chi connectivity index (χ0) is 20.0. The van der Waals surface area contributed by atoms with Gasteiger partial charge >= 0.3 is 6.29 Å². The summed E-state index contributed by atoms with van der Waals surface area (Å²) >= 11 is 0. The summed E-state index contributed by atoms with van der Waals surface area (Å²) in [7, 11) is 0. The second-order valence-electron chi connectivity index (χ2n) is 7.12. The van der Waals surface area contributed by atoms with Crippen molar-refractivity contribution in [3.05, 3.63) is 60.2 Å². The molecule has 0 radical (unpaired) electrons. The molecule has 5 nitrogen and oxygen atoms in total. The molecule has 29 heavy (non-hydrogen) atoms. The maximum Gasteiger partial charge on any atom is 0.586 e. The second kappa shape index (κ2) is 6.81. The summed E-state index contributed by atoms with van der Waals surface area (Å²) in [4.78, 5) is 4.07. The summed E-state index contributed by atoms with van der Waals surface area (Å²) in [6, 6.07) is 9.33. The van der Waals surface area contributed by atoms with Crippen LogP contribution in [0.5, 0.6) is 17.2 Å². The van der Waals surface area contributed by atoms with Crippen LogP contribution >= 0.6 is 0 Å². The van der Waals surface area contributed by atoms with Crippen molar-refractivity contribution in [2.45, 2.75) is 37.8 Å². The van der Waals surface area contributed by atoms with Gasteiger partial charge in [0.25, 0.3) is 0 Å². The summed E-state index contributed by atoms with van der Waals surface area (Å²) in [6.45, 7) is 0.352.